The highest BCUT2D eigenvalue weighted by molar-refractivity contribution is 6.10. The molecule has 1 amide bonds. The van der Waals surface area contributed by atoms with Gasteiger partial charge in [0.1, 0.15) is 6.33 Å². The molecule has 0 saturated heterocycles. The zero-order chi connectivity index (χ0) is 22.0. The van der Waals surface area contributed by atoms with E-state index >= 15 is 0 Å². The first-order valence-electron chi connectivity index (χ1n) is 9.73. The summed E-state index contributed by atoms with van der Waals surface area (Å²) < 4.78 is 41.8. The van der Waals surface area contributed by atoms with Gasteiger partial charge in [-0.1, -0.05) is 18.2 Å². The van der Waals surface area contributed by atoms with E-state index in [0.29, 0.717) is 18.5 Å². The van der Waals surface area contributed by atoms with Gasteiger partial charge in [0.25, 0.3) is 5.91 Å². The van der Waals surface area contributed by atoms with Gasteiger partial charge in [-0.05, 0) is 48.2 Å². The number of hydrogen-bond acceptors (Lipinski definition) is 4. The molecule has 2 aromatic carbocycles. The van der Waals surface area contributed by atoms with E-state index in [0.717, 1.165) is 11.6 Å². The number of aromatic nitrogens is 3. The number of rotatable bonds is 4. The second-order valence-corrected chi connectivity index (χ2v) is 7.95. The summed E-state index contributed by atoms with van der Waals surface area (Å²) in [5.41, 5.74) is -0.336. The number of alkyl halides is 3. The van der Waals surface area contributed by atoms with Crippen molar-refractivity contribution in [3.63, 3.8) is 0 Å². The topological polar surface area (TPSA) is 68.1 Å². The van der Waals surface area contributed by atoms with Crippen LogP contribution in [0.3, 0.4) is 0 Å². The van der Waals surface area contributed by atoms with Gasteiger partial charge in [-0.3, -0.25) is 9.59 Å². The number of fused-ring (bicyclic) bond motifs is 1. The van der Waals surface area contributed by atoms with Crippen LogP contribution in [-0.4, -0.2) is 26.5 Å². The predicted octanol–water partition coefficient (Wildman–Crippen LogP) is 3.91. The number of ketones is 1. The minimum absolute atomic E-state index is 0.0262. The van der Waals surface area contributed by atoms with Crippen molar-refractivity contribution in [3.8, 4) is 0 Å². The third-order valence-electron chi connectivity index (χ3n) is 6.08. The number of carbonyl (C=O) groups is 2. The minimum Gasteiger partial charge on any atom is -0.314 e. The van der Waals surface area contributed by atoms with E-state index in [4.69, 9.17) is 0 Å². The van der Waals surface area contributed by atoms with E-state index in [-0.39, 0.29) is 29.3 Å². The molecule has 158 valence electrons. The highest BCUT2D eigenvalue weighted by atomic mass is 19.4. The van der Waals surface area contributed by atoms with Crippen molar-refractivity contribution in [3.05, 3.63) is 76.9 Å². The first kappa shape index (κ1) is 19.5. The van der Waals surface area contributed by atoms with Gasteiger partial charge in [-0.2, -0.15) is 13.2 Å². The molecule has 1 fully saturated rings. The Morgan fingerprint density at radius 3 is 2.52 bits per heavy atom. The Kier molecular flexibility index (Phi) is 4.08. The van der Waals surface area contributed by atoms with E-state index in [1.165, 1.54) is 23.4 Å². The minimum atomic E-state index is -4.54. The van der Waals surface area contributed by atoms with Crippen molar-refractivity contribution >= 4 is 17.4 Å². The Labute approximate surface area is 175 Å². The Bertz CT molecular complexity index is 1230. The third kappa shape index (κ3) is 2.95. The molecule has 1 aromatic heterocycles. The van der Waals surface area contributed by atoms with Crippen molar-refractivity contribution < 1.29 is 22.8 Å². The molecule has 9 heteroatoms. The van der Waals surface area contributed by atoms with E-state index in [1.54, 1.807) is 35.9 Å². The molecule has 2 aliphatic rings. The average molecular weight is 426 g/mol. The van der Waals surface area contributed by atoms with E-state index in [1.807, 2.05) is 0 Å². The number of aryl methyl sites for hydroxylation is 1. The monoisotopic (exact) mass is 426 g/mol. The Morgan fingerprint density at radius 1 is 1.13 bits per heavy atom. The van der Waals surface area contributed by atoms with Crippen LogP contribution in [0.4, 0.5) is 18.9 Å². The smallest absolute Gasteiger partial charge is 0.314 e. The van der Waals surface area contributed by atoms with Crippen LogP contribution in [0.1, 0.15) is 50.5 Å². The van der Waals surface area contributed by atoms with Crippen LogP contribution in [0.15, 0.2) is 48.8 Å². The molecule has 0 bridgehead atoms. The van der Waals surface area contributed by atoms with Crippen molar-refractivity contribution in [2.45, 2.75) is 31.0 Å². The lowest BCUT2D eigenvalue weighted by molar-refractivity contribution is -0.138. The van der Waals surface area contributed by atoms with E-state index in [9.17, 15) is 22.8 Å². The summed E-state index contributed by atoms with van der Waals surface area (Å²) >= 11 is 0. The van der Waals surface area contributed by atoms with Crippen molar-refractivity contribution in [2.24, 2.45) is 7.05 Å². The lowest BCUT2D eigenvalue weighted by Gasteiger charge is -2.20. The summed E-state index contributed by atoms with van der Waals surface area (Å²) in [7, 11) is 1.69. The summed E-state index contributed by atoms with van der Waals surface area (Å²) in [4.78, 5) is 27.3. The molecule has 0 N–H and O–H groups in total. The predicted molar refractivity (Wildman–Crippen MR) is 105 cm³/mol. The number of hydrogen-bond donors (Lipinski definition) is 0. The number of carbonyl (C=O) groups excluding carboxylic acids is 2. The van der Waals surface area contributed by atoms with E-state index < -0.39 is 23.1 Å². The number of nitrogens with zero attached hydrogens (tertiary/aromatic N) is 4. The van der Waals surface area contributed by atoms with Gasteiger partial charge in [0.05, 0.1) is 17.5 Å². The van der Waals surface area contributed by atoms with Crippen molar-refractivity contribution in [2.75, 3.05) is 4.90 Å². The third-order valence-corrected chi connectivity index (χ3v) is 6.08. The molecule has 0 radical (unpaired) electrons. The molecule has 31 heavy (non-hydrogen) atoms. The summed E-state index contributed by atoms with van der Waals surface area (Å²) in [6.07, 6.45) is -1.81. The number of Topliss-reactive ketones (excluding diaryl/α,β-unsaturated/α-hetero) is 1. The summed E-state index contributed by atoms with van der Waals surface area (Å²) in [5, 5.41) is 7.68. The largest absolute Gasteiger partial charge is 0.416 e. The van der Waals surface area contributed by atoms with Gasteiger partial charge >= 0.3 is 6.18 Å². The lowest BCUT2D eigenvalue weighted by Crippen LogP contribution is -2.26. The SMILES string of the molecule is Cn1cnnc1C(=O)C1(c2cccc(N3Cc4c(cccc4C(F)(F)F)C3=O)c2)CC1. The Balaban J connectivity index is 1.50. The van der Waals surface area contributed by atoms with Crippen molar-refractivity contribution in [1.82, 2.24) is 14.8 Å². The van der Waals surface area contributed by atoms with Gasteiger partial charge in [0, 0.05) is 18.3 Å². The molecule has 1 saturated carbocycles. The molecular formula is C22H17F3N4O2. The average Bonchev–Trinajstić information content (AvgIpc) is 3.34. The van der Waals surface area contributed by atoms with Gasteiger partial charge in [0.2, 0.25) is 11.6 Å². The fourth-order valence-electron chi connectivity index (χ4n) is 4.25. The van der Waals surface area contributed by atoms with E-state index in [2.05, 4.69) is 10.2 Å². The van der Waals surface area contributed by atoms with Gasteiger partial charge < -0.3 is 9.47 Å². The van der Waals surface area contributed by atoms with Crippen LogP contribution in [0.5, 0.6) is 0 Å². The fraction of sp³-hybridized carbons (Fsp3) is 0.273. The first-order chi connectivity index (χ1) is 14.7. The molecule has 0 spiro atoms. The maximum absolute atomic E-state index is 13.4. The summed E-state index contributed by atoms with van der Waals surface area (Å²) in [6, 6.07) is 10.6. The van der Waals surface area contributed by atoms with Crippen LogP contribution in [-0.2, 0) is 25.2 Å². The maximum atomic E-state index is 13.4. The molecule has 0 atom stereocenters. The van der Waals surface area contributed by atoms with Crippen LogP contribution < -0.4 is 4.90 Å². The Morgan fingerprint density at radius 2 is 1.87 bits per heavy atom. The number of benzene rings is 2. The number of anilines is 1. The highest BCUT2D eigenvalue weighted by Crippen LogP contribution is 2.51. The summed E-state index contributed by atoms with van der Waals surface area (Å²) in [6.45, 7) is -0.169. The molecule has 6 nitrogen and oxygen atoms in total. The molecule has 2 heterocycles. The molecule has 1 aliphatic heterocycles. The molecule has 5 rings (SSSR count). The summed E-state index contributed by atoms with van der Waals surface area (Å²) in [5.74, 6) is -0.384. The van der Waals surface area contributed by atoms with Crippen LogP contribution in [0, 0.1) is 0 Å². The quantitative estimate of drug-likeness (QED) is 0.594. The Hall–Kier alpha value is -3.49. The van der Waals surface area contributed by atoms with Gasteiger partial charge in [-0.25, -0.2) is 0 Å². The zero-order valence-corrected chi connectivity index (χ0v) is 16.5. The second-order valence-electron chi connectivity index (χ2n) is 7.95. The molecular weight excluding hydrogens is 409 g/mol. The highest BCUT2D eigenvalue weighted by Gasteiger charge is 2.53. The van der Waals surface area contributed by atoms with Crippen molar-refractivity contribution in [1.29, 1.82) is 0 Å². The fourth-order valence-corrected chi connectivity index (χ4v) is 4.25. The van der Waals surface area contributed by atoms with Crippen LogP contribution in [0.2, 0.25) is 0 Å². The molecule has 3 aromatic rings. The first-order valence-corrected chi connectivity index (χ1v) is 9.73. The maximum Gasteiger partial charge on any atom is 0.416 e. The number of amides is 1. The molecule has 0 unspecified atom stereocenters. The van der Waals surface area contributed by atoms with Crippen LogP contribution in [0.25, 0.3) is 0 Å². The standard InChI is InChI=1S/C22H17F3N4O2/c1-28-12-26-27-19(28)18(30)21(8-9-21)13-4-2-5-14(10-13)29-11-16-15(20(29)31)6-3-7-17(16)22(23,24)25/h2-7,10,12H,8-9,11H2,1H3. The normalized spacial score (nSPS) is 17.0. The second kappa shape index (κ2) is 6.50. The van der Waals surface area contributed by atoms with Gasteiger partial charge in [-0.15, -0.1) is 10.2 Å². The lowest BCUT2D eigenvalue weighted by atomic mass is 9.90. The zero-order valence-electron chi connectivity index (χ0n) is 16.5. The number of halogens is 3. The molecule has 1 aliphatic carbocycles. The van der Waals surface area contributed by atoms with Gasteiger partial charge in [0.15, 0.2) is 0 Å². The van der Waals surface area contributed by atoms with Crippen LogP contribution >= 0.6 is 0 Å².